The number of furan rings is 1. The molecule has 10 aromatic rings. The fraction of sp³-hybridized carbons (Fsp3) is 0. The number of para-hydroxylation sites is 5. The van der Waals surface area contributed by atoms with Crippen LogP contribution in [0.3, 0.4) is 0 Å². The molecule has 0 atom stereocenters. The van der Waals surface area contributed by atoms with Crippen LogP contribution in [0.25, 0.3) is 82.8 Å². The summed E-state index contributed by atoms with van der Waals surface area (Å²) in [4.78, 5) is 2.30. The Morgan fingerprint density at radius 3 is 1.86 bits per heavy atom. The lowest BCUT2D eigenvalue weighted by Crippen LogP contribution is -2.09. The molecule has 0 amide bonds. The first-order valence-corrected chi connectivity index (χ1v) is 17.4. The minimum absolute atomic E-state index is 0.914. The van der Waals surface area contributed by atoms with E-state index in [1.165, 1.54) is 55.3 Å². The van der Waals surface area contributed by atoms with Gasteiger partial charge in [0.05, 0.1) is 16.7 Å². The van der Waals surface area contributed by atoms with Crippen LogP contribution >= 0.6 is 0 Å². The summed E-state index contributed by atoms with van der Waals surface area (Å²) in [5.41, 5.74) is 15.9. The van der Waals surface area contributed by atoms with Crippen molar-refractivity contribution in [2.75, 3.05) is 4.90 Å². The Labute approximate surface area is 294 Å². The van der Waals surface area contributed by atoms with E-state index < -0.39 is 0 Å². The molecule has 1 aliphatic rings. The predicted molar refractivity (Wildman–Crippen MR) is 213 cm³/mol. The van der Waals surface area contributed by atoms with E-state index in [0.717, 1.165) is 44.6 Å². The van der Waals surface area contributed by atoms with Gasteiger partial charge in [-0.1, -0.05) is 115 Å². The summed E-state index contributed by atoms with van der Waals surface area (Å²) in [6.45, 7) is 0. The number of hydrogen-bond acceptors (Lipinski definition) is 2. The number of hydrogen-bond donors (Lipinski definition) is 0. The molecule has 8 aromatic carbocycles. The Hall–Kier alpha value is -6.84. The van der Waals surface area contributed by atoms with Gasteiger partial charge >= 0.3 is 0 Å². The van der Waals surface area contributed by atoms with Gasteiger partial charge in [0.2, 0.25) is 0 Å². The zero-order valence-electron chi connectivity index (χ0n) is 27.6. The monoisotopic (exact) mass is 650 g/mol. The maximum atomic E-state index is 6.69. The molecule has 0 saturated heterocycles. The highest BCUT2D eigenvalue weighted by Crippen LogP contribution is 2.50. The summed E-state index contributed by atoms with van der Waals surface area (Å²) < 4.78 is 9.16. The third kappa shape index (κ3) is 4.12. The first-order chi connectivity index (χ1) is 25.3. The molecule has 0 unspecified atom stereocenters. The van der Waals surface area contributed by atoms with Crippen LogP contribution < -0.4 is 4.90 Å². The molecule has 3 heteroatoms. The van der Waals surface area contributed by atoms with Gasteiger partial charge in [-0.2, -0.15) is 0 Å². The van der Waals surface area contributed by atoms with E-state index in [9.17, 15) is 0 Å². The second-order valence-electron chi connectivity index (χ2n) is 13.3. The molecule has 0 saturated carbocycles. The highest BCUT2D eigenvalue weighted by atomic mass is 16.3. The summed E-state index contributed by atoms with van der Waals surface area (Å²) in [5.74, 6) is 0. The highest BCUT2D eigenvalue weighted by Gasteiger charge is 2.27. The maximum absolute atomic E-state index is 6.69. The summed E-state index contributed by atoms with van der Waals surface area (Å²) in [5, 5.41) is 4.76. The Bertz CT molecular complexity index is 2910. The molecule has 0 radical (unpaired) electrons. The van der Waals surface area contributed by atoms with Gasteiger partial charge in [0.1, 0.15) is 11.2 Å². The van der Waals surface area contributed by atoms with Crippen molar-refractivity contribution in [1.82, 2.24) is 4.57 Å². The average Bonchev–Trinajstić information content (AvgIpc) is 3.70. The van der Waals surface area contributed by atoms with E-state index in [-0.39, 0.29) is 0 Å². The van der Waals surface area contributed by atoms with E-state index in [0.29, 0.717) is 0 Å². The third-order valence-electron chi connectivity index (χ3n) is 10.5. The van der Waals surface area contributed by atoms with E-state index >= 15 is 0 Å². The van der Waals surface area contributed by atoms with Gasteiger partial charge in [-0.05, 0) is 83.4 Å². The molecular formula is C48H30N2O. The third-order valence-corrected chi connectivity index (χ3v) is 10.5. The van der Waals surface area contributed by atoms with Gasteiger partial charge in [-0.25, -0.2) is 0 Å². The van der Waals surface area contributed by atoms with Crippen LogP contribution in [0.4, 0.5) is 17.1 Å². The van der Waals surface area contributed by atoms with E-state index in [1.54, 1.807) is 0 Å². The molecule has 0 aliphatic carbocycles. The van der Waals surface area contributed by atoms with Crippen LogP contribution in [-0.4, -0.2) is 4.57 Å². The number of nitrogens with zero attached hydrogens (tertiary/aromatic N) is 2. The van der Waals surface area contributed by atoms with Crippen molar-refractivity contribution >= 4 is 60.8 Å². The fourth-order valence-electron chi connectivity index (χ4n) is 8.28. The maximum Gasteiger partial charge on any atom is 0.143 e. The Balaban J connectivity index is 1.11. The van der Waals surface area contributed by atoms with Crippen molar-refractivity contribution < 1.29 is 4.42 Å². The van der Waals surface area contributed by atoms with Crippen LogP contribution in [0.1, 0.15) is 0 Å². The van der Waals surface area contributed by atoms with E-state index in [1.807, 2.05) is 6.07 Å². The number of benzene rings is 8. The molecule has 2 aromatic heterocycles. The summed E-state index contributed by atoms with van der Waals surface area (Å²) in [6.07, 6.45) is 0. The second kappa shape index (κ2) is 10.8. The van der Waals surface area contributed by atoms with Gasteiger partial charge in [-0.15, -0.1) is 0 Å². The Morgan fingerprint density at radius 2 is 1.06 bits per heavy atom. The molecule has 1 aliphatic heterocycles. The van der Waals surface area contributed by atoms with Crippen molar-refractivity contribution in [3.63, 3.8) is 0 Å². The number of anilines is 3. The molecule has 0 bridgehead atoms. The van der Waals surface area contributed by atoms with E-state index in [2.05, 4.69) is 185 Å². The SMILES string of the molecule is c1ccc(N(c2ccccc2)c2ccc(-c3ccc4c(c3)c3cccc5c3n4-c3ccccc3-c3ccc4c(oc6ccccc64)c3-5)cc2)cc1. The van der Waals surface area contributed by atoms with E-state index in [4.69, 9.17) is 4.42 Å². The standard InChI is InChI=1S/C48H30N2O/c1-3-12-33(13-4-1)49(34-14-5-2-6-15-34)35-25-22-31(23-26-35)32-24-29-44-42(30-32)39-18-11-19-41-46-38(36-16-7-9-20-43(36)50(44)47(39)41)27-28-40-37-17-8-10-21-45(37)51-48(40)46/h1-30H. The van der Waals surface area contributed by atoms with Crippen molar-refractivity contribution in [2.45, 2.75) is 0 Å². The molecule has 0 fully saturated rings. The normalized spacial score (nSPS) is 11.9. The molecule has 238 valence electrons. The highest BCUT2D eigenvalue weighted by molar-refractivity contribution is 6.21. The van der Waals surface area contributed by atoms with Gasteiger partial charge in [0.25, 0.3) is 0 Å². The van der Waals surface area contributed by atoms with Crippen LogP contribution in [0.2, 0.25) is 0 Å². The average molecular weight is 651 g/mol. The molecule has 0 spiro atoms. The Morgan fingerprint density at radius 1 is 0.412 bits per heavy atom. The van der Waals surface area contributed by atoms with Crippen LogP contribution in [0.15, 0.2) is 186 Å². The number of rotatable bonds is 4. The lowest BCUT2D eigenvalue weighted by molar-refractivity contribution is 0.670. The summed E-state index contributed by atoms with van der Waals surface area (Å²) in [7, 11) is 0. The largest absolute Gasteiger partial charge is 0.455 e. The van der Waals surface area contributed by atoms with Crippen molar-refractivity contribution in [3.05, 3.63) is 182 Å². The molecule has 3 heterocycles. The quantitative estimate of drug-likeness (QED) is 0.189. The number of fused-ring (bicyclic) bond motifs is 12. The van der Waals surface area contributed by atoms with Crippen molar-refractivity contribution in [1.29, 1.82) is 0 Å². The van der Waals surface area contributed by atoms with Crippen LogP contribution in [-0.2, 0) is 0 Å². The molecule has 3 nitrogen and oxygen atoms in total. The molecule has 11 rings (SSSR count). The Kier molecular flexibility index (Phi) is 5.96. The topological polar surface area (TPSA) is 21.3 Å². The second-order valence-corrected chi connectivity index (χ2v) is 13.3. The van der Waals surface area contributed by atoms with Crippen molar-refractivity contribution in [2.24, 2.45) is 0 Å². The lowest BCUT2D eigenvalue weighted by atomic mass is 9.91. The summed E-state index contributed by atoms with van der Waals surface area (Å²) in [6, 6.07) is 65.4. The van der Waals surface area contributed by atoms with Gasteiger partial charge < -0.3 is 13.9 Å². The van der Waals surface area contributed by atoms with Gasteiger partial charge in [-0.3, -0.25) is 0 Å². The number of aromatic nitrogens is 1. The molecule has 51 heavy (non-hydrogen) atoms. The van der Waals surface area contributed by atoms with Gasteiger partial charge in [0, 0.05) is 55.3 Å². The fourth-order valence-corrected chi connectivity index (χ4v) is 8.28. The van der Waals surface area contributed by atoms with Crippen molar-refractivity contribution in [3.8, 4) is 39.1 Å². The zero-order chi connectivity index (χ0) is 33.5. The summed E-state index contributed by atoms with van der Waals surface area (Å²) >= 11 is 0. The zero-order valence-corrected chi connectivity index (χ0v) is 27.6. The van der Waals surface area contributed by atoms with Crippen LogP contribution in [0, 0.1) is 0 Å². The predicted octanol–water partition coefficient (Wildman–Crippen LogP) is 13.5. The minimum Gasteiger partial charge on any atom is -0.455 e. The smallest absolute Gasteiger partial charge is 0.143 e. The first-order valence-electron chi connectivity index (χ1n) is 17.4. The first kappa shape index (κ1) is 28.0. The molecular weight excluding hydrogens is 621 g/mol. The minimum atomic E-state index is 0.914. The lowest BCUT2D eigenvalue weighted by Gasteiger charge is -2.25. The molecule has 0 N–H and O–H groups in total. The van der Waals surface area contributed by atoms with Gasteiger partial charge in [0.15, 0.2) is 0 Å². The van der Waals surface area contributed by atoms with Crippen LogP contribution in [0.5, 0.6) is 0 Å².